The van der Waals surface area contributed by atoms with Gasteiger partial charge in [0.2, 0.25) is 0 Å². The fourth-order valence-electron chi connectivity index (χ4n) is 2.06. The highest BCUT2D eigenvalue weighted by Gasteiger charge is 2.13. The molecule has 1 N–H and O–H groups in total. The summed E-state index contributed by atoms with van der Waals surface area (Å²) >= 11 is 0. The fourth-order valence-corrected chi connectivity index (χ4v) is 2.06. The summed E-state index contributed by atoms with van der Waals surface area (Å²) in [5.74, 6) is 0.406. The molecule has 2 rings (SSSR count). The van der Waals surface area contributed by atoms with E-state index in [1.165, 1.54) is 6.07 Å². The van der Waals surface area contributed by atoms with Crippen LogP contribution in [0, 0.1) is 10.1 Å². The van der Waals surface area contributed by atoms with Gasteiger partial charge in [-0.05, 0) is 25.1 Å². The summed E-state index contributed by atoms with van der Waals surface area (Å²) in [5, 5.41) is 13.8. The fraction of sp³-hybridized carbons (Fsp3) is 0.235. The largest absolute Gasteiger partial charge is 0.490 e. The molecule has 0 aliphatic rings. The number of nitro groups is 1. The minimum absolute atomic E-state index is 0.0347. The number of anilines is 1. The van der Waals surface area contributed by atoms with Crippen molar-refractivity contribution in [2.45, 2.75) is 13.3 Å². The number of carbonyl (C=O) groups excluding carboxylic acids is 1. The molecular formula is C17H18N2O5. The molecule has 0 bridgehead atoms. The number of hydrogen-bond acceptors (Lipinski definition) is 6. The van der Waals surface area contributed by atoms with Crippen LogP contribution in [0.1, 0.15) is 13.3 Å². The third-order valence-corrected chi connectivity index (χ3v) is 3.12. The molecule has 0 unspecified atom stereocenters. The van der Waals surface area contributed by atoms with E-state index >= 15 is 0 Å². The predicted molar refractivity (Wildman–Crippen MR) is 89.4 cm³/mol. The Morgan fingerprint density at radius 3 is 2.50 bits per heavy atom. The van der Waals surface area contributed by atoms with E-state index in [4.69, 9.17) is 9.47 Å². The summed E-state index contributed by atoms with van der Waals surface area (Å²) in [6.45, 7) is 2.53. The Morgan fingerprint density at radius 1 is 1.12 bits per heavy atom. The molecule has 0 fully saturated rings. The van der Waals surface area contributed by atoms with E-state index in [1.54, 1.807) is 42.5 Å². The van der Waals surface area contributed by atoms with Crippen molar-refractivity contribution in [1.82, 2.24) is 0 Å². The quantitative estimate of drug-likeness (QED) is 0.345. The molecule has 0 aromatic heterocycles. The number of hydrogen-bond donors (Lipinski definition) is 1. The standard InChI is InChI=1S/C17H18N2O5/c1-2-23-15-9-5-6-10-16(15)24-17(20)11-12-18-13-7-3-4-8-14(13)19(21)22/h3-10,18H,2,11-12H2,1H3. The first-order chi connectivity index (χ1) is 11.6. The van der Waals surface area contributed by atoms with Crippen LogP contribution in [-0.2, 0) is 4.79 Å². The number of carbonyl (C=O) groups is 1. The third-order valence-electron chi connectivity index (χ3n) is 3.12. The Labute approximate surface area is 139 Å². The zero-order valence-corrected chi connectivity index (χ0v) is 13.2. The maximum atomic E-state index is 11.9. The van der Waals surface area contributed by atoms with E-state index in [-0.39, 0.29) is 18.7 Å². The number of esters is 1. The summed E-state index contributed by atoms with van der Waals surface area (Å²) in [5.41, 5.74) is 0.331. The molecule has 0 saturated carbocycles. The van der Waals surface area contributed by atoms with E-state index in [2.05, 4.69) is 5.32 Å². The van der Waals surface area contributed by atoms with E-state index in [0.717, 1.165) is 0 Å². The number of rotatable bonds is 8. The summed E-state index contributed by atoms with van der Waals surface area (Å²) in [4.78, 5) is 22.4. The molecule has 0 spiro atoms. The van der Waals surface area contributed by atoms with Crippen LogP contribution in [0.3, 0.4) is 0 Å². The SMILES string of the molecule is CCOc1ccccc1OC(=O)CCNc1ccccc1[N+](=O)[O-]. The zero-order valence-electron chi connectivity index (χ0n) is 13.2. The smallest absolute Gasteiger partial charge is 0.313 e. The zero-order chi connectivity index (χ0) is 17.4. The van der Waals surface area contributed by atoms with Gasteiger partial charge in [-0.2, -0.15) is 0 Å². The highest BCUT2D eigenvalue weighted by Crippen LogP contribution is 2.27. The predicted octanol–water partition coefficient (Wildman–Crippen LogP) is 3.40. The first-order valence-electron chi connectivity index (χ1n) is 7.51. The first kappa shape index (κ1) is 17.3. The van der Waals surface area contributed by atoms with Gasteiger partial charge in [0.15, 0.2) is 11.5 Å². The maximum absolute atomic E-state index is 11.9. The number of para-hydroxylation sites is 4. The van der Waals surface area contributed by atoms with Crippen LogP contribution in [0.4, 0.5) is 11.4 Å². The van der Waals surface area contributed by atoms with Gasteiger partial charge in [0.25, 0.3) is 5.69 Å². The molecule has 0 aliphatic heterocycles. The van der Waals surface area contributed by atoms with Crippen molar-refractivity contribution in [2.24, 2.45) is 0 Å². The van der Waals surface area contributed by atoms with Gasteiger partial charge in [-0.25, -0.2) is 0 Å². The molecule has 0 heterocycles. The number of benzene rings is 2. The Balaban J connectivity index is 1.90. The van der Waals surface area contributed by atoms with Gasteiger partial charge in [0, 0.05) is 12.6 Å². The van der Waals surface area contributed by atoms with Gasteiger partial charge in [0.05, 0.1) is 18.0 Å². The second-order valence-electron chi connectivity index (χ2n) is 4.80. The second-order valence-corrected chi connectivity index (χ2v) is 4.80. The molecule has 0 radical (unpaired) electrons. The lowest BCUT2D eigenvalue weighted by molar-refractivity contribution is -0.384. The summed E-state index contributed by atoms with van der Waals surface area (Å²) in [6.07, 6.45) is 0.0620. The number of nitrogens with one attached hydrogen (secondary N) is 1. The van der Waals surface area contributed by atoms with Crippen LogP contribution >= 0.6 is 0 Å². The van der Waals surface area contributed by atoms with Gasteiger partial charge in [0.1, 0.15) is 5.69 Å². The number of nitrogens with zero attached hydrogens (tertiary/aromatic N) is 1. The van der Waals surface area contributed by atoms with Crippen molar-refractivity contribution in [2.75, 3.05) is 18.5 Å². The molecule has 2 aromatic rings. The van der Waals surface area contributed by atoms with Gasteiger partial charge in [-0.1, -0.05) is 24.3 Å². The monoisotopic (exact) mass is 330 g/mol. The Morgan fingerprint density at radius 2 is 1.79 bits per heavy atom. The molecular weight excluding hydrogens is 312 g/mol. The van der Waals surface area contributed by atoms with E-state index in [1.807, 2.05) is 6.92 Å². The maximum Gasteiger partial charge on any atom is 0.313 e. The molecule has 0 atom stereocenters. The Hall–Kier alpha value is -3.09. The number of ether oxygens (including phenoxy) is 2. The van der Waals surface area contributed by atoms with Crippen molar-refractivity contribution < 1.29 is 19.2 Å². The lowest BCUT2D eigenvalue weighted by Gasteiger charge is -2.10. The van der Waals surface area contributed by atoms with E-state index < -0.39 is 10.9 Å². The van der Waals surface area contributed by atoms with Crippen molar-refractivity contribution in [3.8, 4) is 11.5 Å². The third kappa shape index (κ3) is 4.70. The molecule has 0 saturated heterocycles. The van der Waals surface area contributed by atoms with Crippen molar-refractivity contribution >= 4 is 17.3 Å². The Kier molecular flexibility index (Phi) is 6.13. The minimum Gasteiger partial charge on any atom is -0.490 e. The molecule has 24 heavy (non-hydrogen) atoms. The van der Waals surface area contributed by atoms with Gasteiger partial charge in [-0.3, -0.25) is 14.9 Å². The van der Waals surface area contributed by atoms with Crippen LogP contribution in [0.15, 0.2) is 48.5 Å². The topological polar surface area (TPSA) is 90.7 Å². The van der Waals surface area contributed by atoms with E-state index in [9.17, 15) is 14.9 Å². The highest BCUT2D eigenvalue weighted by molar-refractivity contribution is 5.74. The molecule has 0 aliphatic carbocycles. The molecule has 7 nitrogen and oxygen atoms in total. The van der Waals surface area contributed by atoms with Crippen LogP contribution in [0.25, 0.3) is 0 Å². The van der Waals surface area contributed by atoms with Crippen LogP contribution in [-0.4, -0.2) is 24.0 Å². The molecule has 2 aromatic carbocycles. The van der Waals surface area contributed by atoms with Gasteiger partial charge < -0.3 is 14.8 Å². The molecule has 126 valence electrons. The van der Waals surface area contributed by atoms with Gasteiger partial charge in [-0.15, -0.1) is 0 Å². The van der Waals surface area contributed by atoms with Crippen LogP contribution in [0.5, 0.6) is 11.5 Å². The molecule has 7 heteroatoms. The van der Waals surface area contributed by atoms with Gasteiger partial charge >= 0.3 is 5.97 Å². The van der Waals surface area contributed by atoms with Crippen molar-refractivity contribution in [3.05, 3.63) is 58.6 Å². The molecule has 0 amide bonds. The lowest BCUT2D eigenvalue weighted by atomic mass is 10.2. The van der Waals surface area contributed by atoms with Crippen LogP contribution in [0.2, 0.25) is 0 Å². The average molecular weight is 330 g/mol. The lowest BCUT2D eigenvalue weighted by Crippen LogP contribution is -2.15. The van der Waals surface area contributed by atoms with Crippen LogP contribution < -0.4 is 14.8 Å². The minimum atomic E-state index is -0.473. The summed E-state index contributed by atoms with van der Waals surface area (Å²) in [6, 6.07) is 13.2. The normalized spacial score (nSPS) is 10.0. The summed E-state index contributed by atoms with van der Waals surface area (Å²) < 4.78 is 10.7. The average Bonchev–Trinajstić information content (AvgIpc) is 2.57. The number of nitro benzene ring substituents is 1. The van der Waals surface area contributed by atoms with Crippen molar-refractivity contribution in [3.63, 3.8) is 0 Å². The highest BCUT2D eigenvalue weighted by atomic mass is 16.6. The Bertz CT molecular complexity index is 718. The first-order valence-corrected chi connectivity index (χ1v) is 7.51. The summed E-state index contributed by atoms with van der Waals surface area (Å²) in [7, 11) is 0. The van der Waals surface area contributed by atoms with E-state index in [0.29, 0.717) is 23.8 Å². The van der Waals surface area contributed by atoms with Crippen molar-refractivity contribution in [1.29, 1.82) is 0 Å². The second kappa shape index (κ2) is 8.52.